The number of allylic oxidation sites excluding steroid dienone is 1. The highest BCUT2D eigenvalue weighted by Gasteiger charge is 2.13. The molecule has 0 aliphatic carbocycles. The molecule has 144 valence electrons. The van der Waals surface area contributed by atoms with E-state index in [0.29, 0.717) is 28.2 Å². The Labute approximate surface area is 162 Å². The number of hydrogen-bond acceptors (Lipinski definition) is 5. The van der Waals surface area contributed by atoms with Gasteiger partial charge in [0, 0.05) is 17.5 Å². The van der Waals surface area contributed by atoms with Crippen LogP contribution in [0.15, 0.2) is 72.5 Å². The fourth-order valence-electron chi connectivity index (χ4n) is 2.34. The van der Waals surface area contributed by atoms with Crippen molar-refractivity contribution in [3.8, 4) is 0 Å². The van der Waals surface area contributed by atoms with E-state index in [2.05, 4.69) is 23.1 Å². The van der Waals surface area contributed by atoms with Gasteiger partial charge in [0.2, 0.25) is 0 Å². The molecule has 1 heterocycles. The minimum absolute atomic E-state index is 0.00662. The number of amides is 1. The number of aromatic nitrogens is 1. The lowest BCUT2D eigenvalue weighted by atomic mass is 10.0. The van der Waals surface area contributed by atoms with Crippen molar-refractivity contribution in [2.75, 3.05) is 0 Å². The van der Waals surface area contributed by atoms with Crippen molar-refractivity contribution < 1.29 is 14.3 Å². The number of nitrogens with zero attached hydrogens (tertiary/aromatic N) is 2. The van der Waals surface area contributed by atoms with Crippen LogP contribution >= 0.6 is 0 Å². The Balaban J connectivity index is 2.22. The zero-order valence-corrected chi connectivity index (χ0v) is 15.4. The van der Waals surface area contributed by atoms with E-state index in [1.54, 1.807) is 31.2 Å². The Bertz CT molecular complexity index is 957. The summed E-state index contributed by atoms with van der Waals surface area (Å²) in [5, 5.41) is 10.5. The molecule has 0 saturated heterocycles. The van der Waals surface area contributed by atoms with Crippen molar-refractivity contribution in [2.45, 2.75) is 13.0 Å². The summed E-state index contributed by atoms with van der Waals surface area (Å²) in [6.07, 6.45) is 1.69. The van der Waals surface area contributed by atoms with Crippen LogP contribution in [0.5, 0.6) is 0 Å². The lowest BCUT2D eigenvalue weighted by Crippen LogP contribution is -2.22. The summed E-state index contributed by atoms with van der Waals surface area (Å²) < 4.78 is 13.1. The first-order chi connectivity index (χ1) is 13.2. The van der Waals surface area contributed by atoms with Crippen molar-refractivity contribution in [2.24, 2.45) is 16.5 Å². The molecule has 2 aromatic rings. The van der Waals surface area contributed by atoms with Crippen molar-refractivity contribution in [3.63, 3.8) is 0 Å². The van der Waals surface area contributed by atoms with Crippen molar-refractivity contribution in [3.05, 3.63) is 89.9 Å². The van der Waals surface area contributed by atoms with Crippen molar-refractivity contribution in [1.82, 2.24) is 4.98 Å². The van der Waals surface area contributed by atoms with Crippen LogP contribution in [0.4, 0.5) is 4.39 Å². The van der Waals surface area contributed by atoms with Crippen LogP contribution in [-0.4, -0.2) is 21.7 Å². The van der Waals surface area contributed by atoms with Gasteiger partial charge in [0.1, 0.15) is 17.6 Å². The summed E-state index contributed by atoms with van der Waals surface area (Å²) in [5.41, 5.74) is 13.4. The monoisotopic (exact) mass is 380 g/mol. The minimum Gasteiger partial charge on any atom is -0.402 e. The number of aliphatic imine (C=N–C) groups is 1. The number of benzene rings is 1. The number of pyridine rings is 1. The molecule has 7 heteroatoms. The zero-order chi connectivity index (χ0) is 20.8. The molecule has 1 amide bonds. The lowest BCUT2D eigenvalue weighted by molar-refractivity contribution is -0.111. The topological polar surface area (TPSA) is 115 Å². The van der Waals surface area contributed by atoms with Gasteiger partial charge in [0.15, 0.2) is 0 Å². The molecule has 0 aliphatic rings. The van der Waals surface area contributed by atoms with Crippen molar-refractivity contribution >= 4 is 23.1 Å². The third kappa shape index (κ3) is 5.21. The van der Waals surface area contributed by atoms with Gasteiger partial charge >= 0.3 is 0 Å². The summed E-state index contributed by atoms with van der Waals surface area (Å²) in [4.78, 5) is 19.6. The highest BCUT2D eigenvalue weighted by Crippen LogP contribution is 2.24. The SMILES string of the molecule is C=C(F)c1ccc(C(O)c2ccc(C(=C)/N=C(\C=C(/C)N)C(N)=O)cc2)nc1. The van der Waals surface area contributed by atoms with E-state index in [4.69, 9.17) is 11.5 Å². The van der Waals surface area contributed by atoms with Crippen LogP contribution < -0.4 is 11.5 Å². The van der Waals surface area contributed by atoms with Gasteiger partial charge in [-0.15, -0.1) is 0 Å². The summed E-state index contributed by atoms with van der Waals surface area (Å²) >= 11 is 0. The highest BCUT2D eigenvalue weighted by atomic mass is 19.1. The molecular formula is C21H21FN4O2. The van der Waals surface area contributed by atoms with E-state index in [1.165, 1.54) is 24.4 Å². The standard InChI is InChI=1S/C21H21FN4O2/c1-12(23)10-19(21(24)28)26-14(3)15-4-6-16(7-5-15)20(27)18-9-8-17(11-25-18)13(2)22/h4-11,20,27H,2-3,23H2,1H3,(H2,24,28)/b12-10+,26-19+. The molecule has 1 aromatic heterocycles. The fraction of sp³-hybridized carbons (Fsp3) is 0.0952. The number of hydrogen-bond donors (Lipinski definition) is 3. The van der Waals surface area contributed by atoms with Gasteiger partial charge in [-0.05, 0) is 36.3 Å². The number of aliphatic hydroxyl groups is 1. The first-order valence-corrected chi connectivity index (χ1v) is 8.29. The quantitative estimate of drug-likeness (QED) is 0.641. The van der Waals surface area contributed by atoms with E-state index in [1.807, 2.05) is 0 Å². The Hall–Kier alpha value is -3.58. The second-order valence-electron chi connectivity index (χ2n) is 6.10. The number of carbonyl (C=O) groups is 1. The van der Waals surface area contributed by atoms with Crippen LogP contribution in [0.3, 0.4) is 0 Å². The summed E-state index contributed by atoms with van der Waals surface area (Å²) in [7, 11) is 0. The maximum Gasteiger partial charge on any atom is 0.267 e. The highest BCUT2D eigenvalue weighted by molar-refractivity contribution is 6.43. The fourth-order valence-corrected chi connectivity index (χ4v) is 2.34. The average molecular weight is 380 g/mol. The molecule has 0 spiro atoms. The number of aliphatic hydroxyl groups excluding tert-OH is 1. The first kappa shape index (κ1) is 20.7. The Kier molecular flexibility index (Phi) is 6.57. The molecule has 6 nitrogen and oxygen atoms in total. The summed E-state index contributed by atoms with van der Waals surface area (Å²) in [6.45, 7) is 8.65. The number of halogens is 1. The van der Waals surface area contributed by atoms with Crippen LogP contribution in [-0.2, 0) is 4.79 Å². The van der Waals surface area contributed by atoms with Crippen LogP contribution in [0.2, 0.25) is 0 Å². The number of rotatable bonds is 7. The van der Waals surface area contributed by atoms with E-state index < -0.39 is 17.8 Å². The average Bonchev–Trinajstić information content (AvgIpc) is 2.66. The molecule has 0 bridgehead atoms. The molecule has 1 unspecified atom stereocenters. The van der Waals surface area contributed by atoms with Crippen LogP contribution in [0, 0.1) is 0 Å². The lowest BCUT2D eigenvalue weighted by Gasteiger charge is -2.12. The Morgan fingerprint density at radius 2 is 1.79 bits per heavy atom. The molecule has 0 aliphatic heterocycles. The smallest absolute Gasteiger partial charge is 0.267 e. The van der Waals surface area contributed by atoms with Gasteiger partial charge in [-0.2, -0.15) is 0 Å². The predicted octanol–water partition coefficient (Wildman–Crippen LogP) is 2.86. The van der Waals surface area contributed by atoms with Gasteiger partial charge in [-0.1, -0.05) is 37.4 Å². The molecular weight excluding hydrogens is 359 g/mol. The van der Waals surface area contributed by atoms with Crippen LogP contribution in [0.25, 0.3) is 11.5 Å². The molecule has 2 rings (SSSR count). The van der Waals surface area contributed by atoms with E-state index >= 15 is 0 Å². The van der Waals surface area contributed by atoms with Gasteiger partial charge < -0.3 is 16.6 Å². The number of carbonyl (C=O) groups excluding carboxylic acids is 1. The second-order valence-corrected chi connectivity index (χ2v) is 6.10. The van der Waals surface area contributed by atoms with Gasteiger partial charge in [0.25, 0.3) is 5.91 Å². The molecule has 0 saturated carbocycles. The summed E-state index contributed by atoms with van der Waals surface area (Å²) in [6, 6.07) is 9.77. The predicted molar refractivity (Wildman–Crippen MR) is 108 cm³/mol. The zero-order valence-electron chi connectivity index (χ0n) is 15.4. The third-order valence-corrected chi connectivity index (χ3v) is 3.81. The van der Waals surface area contributed by atoms with Crippen LogP contribution in [0.1, 0.15) is 35.4 Å². The molecule has 0 fully saturated rings. The third-order valence-electron chi connectivity index (χ3n) is 3.81. The number of nitrogens with two attached hydrogens (primary N) is 2. The van der Waals surface area contributed by atoms with Gasteiger partial charge in [-0.25, -0.2) is 9.38 Å². The van der Waals surface area contributed by atoms with Gasteiger partial charge in [-0.3, -0.25) is 9.78 Å². The summed E-state index contributed by atoms with van der Waals surface area (Å²) in [5.74, 6) is -1.31. The van der Waals surface area contributed by atoms with Gasteiger partial charge in [0.05, 0.1) is 11.4 Å². The van der Waals surface area contributed by atoms with E-state index in [0.717, 1.165) is 0 Å². The largest absolute Gasteiger partial charge is 0.402 e. The van der Waals surface area contributed by atoms with E-state index in [-0.39, 0.29) is 11.3 Å². The second kappa shape index (κ2) is 8.88. The molecule has 1 aromatic carbocycles. The maximum absolute atomic E-state index is 13.1. The maximum atomic E-state index is 13.1. The van der Waals surface area contributed by atoms with E-state index in [9.17, 15) is 14.3 Å². The molecule has 1 atom stereocenters. The van der Waals surface area contributed by atoms with Crippen molar-refractivity contribution in [1.29, 1.82) is 0 Å². The molecule has 5 N–H and O–H groups in total. The Morgan fingerprint density at radius 3 is 2.25 bits per heavy atom. The minimum atomic E-state index is -0.989. The molecule has 28 heavy (non-hydrogen) atoms. The first-order valence-electron chi connectivity index (χ1n) is 8.29. The Morgan fingerprint density at radius 1 is 1.18 bits per heavy atom. The molecule has 0 radical (unpaired) electrons. The number of primary amides is 1. The normalized spacial score (nSPS) is 13.1.